The van der Waals surface area contributed by atoms with E-state index in [2.05, 4.69) is 5.32 Å². The van der Waals surface area contributed by atoms with E-state index < -0.39 is 11.9 Å². The lowest BCUT2D eigenvalue weighted by Crippen LogP contribution is -2.45. The van der Waals surface area contributed by atoms with E-state index in [9.17, 15) is 9.59 Å². The van der Waals surface area contributed by atoms with Gasteiger partial charge in [0, 0.05) is 17.6 Å². The van der Waals surface area contributed by atoms with Gasteiger partial charge < -0.3 is 28.8 Å². The molecular weight excluding hydrogens is 496 g/mol. The first kappa shape index (κ1) is 26.4. The third-order valence-electron chi connectivity index (χ3n) is 6.56. The van der Waals surface area contributed by atoms with Gasteiger partial charge in [0.2, 0.25) is 11.7 Å². The largest absolute Gasteiger partial charge is 0.493 e. The number of carbonyl (C=O) groups is 2. The first-order valence-electron chi connectivity index (χ1n) is 12.1. The molecular formula is C28H31ClN2O6. The van der Waals surface area contributed by atoms with Gasteiger partial charge in [-0.15, -0.1) is 0 Å². The molecule has 1 saturated carbocycles. The number of hydrogen-bond acceptors (Lipinski definition) is 6. The highest BCUT2D eigenvalue weighted by atomic mass is 35.5. The number of benzene rings is 2. The van der Waals surface area contributed by atoms with Crippen molar-refractivity contribution in [2.24, 2.45) is 0 Å². The molecule has 4 rings (SSSR count). The summed E-state index contributed by atoms with van der Waals surface area (Å²) >= 11 is 6.48. The smallest absolute Gasteiger partial charge is 0.290 e. The molecule has 8 nitrogen and oxygen atoms in total. The van der Waals surface area contributed by atoms with Crippen LogP contribution in [-0.4, -0.2) is 44.1 Å². The van der Waals surface area contributed by atoms with Crippen molar-refractivity contribution in [3.05, 3.63) is 76.7 Å². The van der Waals surface area contributed by atoms with Gasteiger partial charge in [0.25, 0.3) is 5.91 Å². The molecule has 0 spiro atoms. The first-order valence-corrected chi connectivity index (χ1v) is 12.5. The average Bonchev–Trinajstić information content (AvgIpc) is 3.63. The van der Waals surface area contributed by atoms with Gasteiger partial charge in [0.05, 0.1) is 27.6 Å². The van der Waals surface area contributed by atoms with Crippen molar-refractivity contribution >= 4 is 23.4 Å². The van der Waals surface area contributed by atoms with E-state index in [4.69, 9.17) is 30.2 Å². The first-order chi connectivity index (χ1) is 18.0. The van der Waals surface area contributed by atoms with Crippen LogP contribution in [0, 0.1) is 0 Å². The summed E-state index contributed by atoms with van der Waals surface area (Å²) < 4.78 is 22.0. The second-order valence-corrected chi connectivity index (χ2v) is 9.26. The fourth-order valence-corrected chi connectivity index (χ4v) is 4.91. The zero-order valence-electron chi connectivity index (χ0n) is 21.2. The minimum Gasteiger partial charge on any atom is -0.493 e. The molecule has 1 N–H and O–H groups in total. The number of nitrogens with one attached hydrogen (secondary N) is 1. The van der Waals surface area contributed by atoms with Crippen molar-refractivity contribution in [3.63, 3.8) is 0 Å². The number of methoxy groups -OCH3 is 3. The topological polar surface area (TPSA) is 90.2 Å². The van der Waals surface area contributed by atoms with Crippen molar-refractivity contribution in [3.8, 4) is 17.2 Å². The maximum absolute atomic E-state index is 14.0. The van der Waals surface area contributed by atoms with Crippen LogP contribution in [0.3, 0.4) is 0 Å². The van der Waals surface area contributed by atoms with Gasteiger partial charge in [0.15, 0.2) is 17.3 Å². The molecule has 1 unspecified atom stereocenters. The molecule has 2 amide bonds. The van der Waals surface area contributed by atoms with Gasteiger partial charge in [-0.2, -0.15) is 0 Å². The van der Waals surface area contributed by atoms with Gasteiger partial charge >= 0.3 is 0 Å². The Morgan fingerprint density at radius 1 is 1.03 bits per heavy atom. The molecule has 3 aromatic rings. The maximum atomic E-state index is 14.0. The van der Waals surface area contributed by atoms with Crippen molar-refractivity contribution in [1.29, 1.82) is 0 Å². The summed E-state index contributed by atoms with van der Waals surface area (Å²) in [5, 5.41) is 3.64. The molecule has 9 heteroatoms. The number of nitrogens with zero attached hydrogens (tertiary/aromatic N) is 1. The lowest BCUT2D eigenvalue weighted by Gasteiger charge is -2.32. The molecule has 0 radical (unpaired) electrons. The SMILES string of the molecule is COc1cc(C(C(=O)NC2CCCC2)N(Cc2ccccc2Cl)C(=O)c2ccco2)cc(OC)c1OC. The Hall–Kier alpha value is -3.65. The molecule has 1 aliphatic rings. The third-order valence-corrected chi connectivity index (χ3v) is 6.92. The molecule has 1 aliphatic carbocycles. The van der Waals surface area contributed by atoms with Gasteiger partial charge in [-0.05, 0) is 54.3 Å². The summed E-state index contributed by atoms with van der Waals surface area (Å²) in [5.41, 5.74) is 1.19. The predicted molar refractivity (Wildman–Crippen MR) is 139 cm³/mol. The van der Waals surface area contributed by atoms with Crippen molar-refractivity contribution in [2.75, 3.05) is 21.3 Å². The fraction of sp³-hybridized carbons (Fsp3) is 0.357. The van der Waals surface area contributed by atoms with E-state index in [0.717, 1.165) is 25.7 Å². The van der Waals surface area contributed by atoms with Gasteiger partial charge in [-0.1, -0.05) is 42.6 Å². The number of amides is 2. The van der Waals surface area contributed by atoms with E-state index >= 15 is 0 Å². The van der Waals surface area contributed by atoms with Crippen molar-refractivity contribution < 1.29 is 28.2 Å². The van der Waals surface area contributed by atoms with Crippen molar-refractivity contribution in [2.45, 2.75) is 44.3 Å². The number of rotatable bonds is 10. The van der Waals surface area contributed by atoms with Gasteiger partial charge in [-0.3, -0.25) is 9.59 Å². The Morgan fingerprint density at radius 2 is 1.70 bits per heavy atom. The third kappa shape index (κ3) is 5.85. The molecule has 1 aromatic heterocycles. The van der Waals surface area contributed by atoms with Crippen LogP contribution >= 0.6 is 11.6 Å². The summed E-state index contributed by atoms with van der Waals surface area (Å²) in [5.74, 6) is 0.479. The molecule has 0 bridgehead atoms. The van der Waals surface area contributed by atoms with Crippen LogP contribution in [0.15, 0.2) is 59.2 Å². The molecule has 1 atom stereocenters. The van der Waals surface area contributed by atoms with Gasteiger partial charge in [-0.25, -0.2) is 0 Å². The lowest BCUT2D eigenvalue weighted by molar-refractivity contribution is -0.126. The minimum atomic E-state index is -1.04. The fourth-order valence-electron chi connectivity index (χ4n) is 4.71. The molecule has 1 fully saturated rings. The van der Waals surface area contributed by atoms with Crippen LogP contribution in [0.2, 0.25) is 5.02 Å². The predicted octanol–water partition coefficient (Wildman–Crippen LogP) is 5.40. The van der Waals surface area contributed by atoms with E-state index in [1.165, 1.54) is 32.5 Å². The zero-order chi connectivity index (χ0) is 26.4. The summed E-state index contributed by atoms with van der Waals surface area (Å²) in [6, 6.07) is 12.8. The van der Waals surface area contributed by atoms with E-state index in [-0.39, 0.29) is 24.3 Å². The normalized spacial score (nSPS) is 14.2. The monoisotopic (exact) mass is 526 g/mol. The summed E-state index contributed by atoms with van der Waals surface area (Å²) in [4.78, 5) is 29.3. The minimum absolute atomic E-state index is 0.0397. The number of carbonyl (C=O) groups excluding carboxylic acids is 2. The van der Waals surface area contributed by atoms with Crippen LogP contribution in [0.1, 0.15) is 53.4 Å². The molecule has 0 saturated heterocycles. The van der Waals surface area contributed by atoms with E-state index in [1.807, 2.05) is 18.2 Å². The number of furan rings is 1. The highest BCUT2D eigenvalue weighted by molar-refractivity contribution is 6.31. The molecule has 1 heterocycles. The molecule has 37 heavy (non-hydrogen) atoms. The van der Waals surface area contributed by atoms with Crippen LogP contribution in [0.25, 0.3) is 0 Å². The number of hydrogen-bond donors (Lipinski definition) is 1. The maximum Gasteiger partial charge on any atom is 0.290 e. The van der Waals surface area contributed by atoms with E-state index in [0.29, 0.717) is 33.4 Å². The molecule has 196 valence electrons. The Morgan fingerprint density at radius 3 is 2.27 bits per heavy atom. The molecule has 0 aliphatic heterocycles. The zero-order valence-corrected chi connectivity index (χ0v) is 21.9. The van der Waals surface area contributed by atoms with Crippen LogP contribution in [0.5, 0.6) is 17.2 Å². The summed E-state index contributed by atoms with van der Waals surface area (Å²) in [6.07, 6.45) is 5.31. The standard InChI is InChI=1S/C28H31ClN2O6/c1-34-23-15-19(16-24(35-2)26(23)36-3)25(27(32)30-20-10-5-6-11-20)31(28(33)22-13-8-14-37-22)17-18-9-4-7-12-21(18)29/h4,7-9,12-16,20,25H,5-6,10-11,17H2,1-3H3,(H,30,32). The quantitative estimate of drug-likeness (QED) is 0.380. The highest BCUT2D eigenvalue weighted by Gasteiger charge is 2.36. The second-order valence-electron chi connectivity index (χ2n) is 8.85. The Kier molecular flexibility index (Phi) is 8.61. The van der Waals surface area contributed by atoms with E-state index in [1.54, 1.807) is 30.3 Å². The number of ether oxygens (including phenoxy) is 3. The van der Waals surface area contributed by atoms with Crippen LogP contribution in [-0.2, 0) is 11.3 Å². The lowest BCUT2D eigenvalue weighted by atomic mass is 10.0. The highest BCUT2D eigenvalue weighted by Crippen LogP contribution is 2.41. The molecule has 2 aromatic carbocycles. The summed E-state index contributed by atoms with van der Waals surface area (Å²) in [7, 11) is 4.52. The Balaban J connectivity index is 1.86. The van der Waals surface area contributed by atoms with Gasteiger partial charge in [0.1, 0.15) is 6.04 Å². The van der Waals surface area contributed by atoms with Crippen LogP contribution in [0.4, 0.5) is 0 Å². The summed E-state index contributed by atoms with van der Waals surface area (Å²) in [6.45, 7) is 0.0681. The second kappa shape index (κ2) is 12.1. The Bertz CT molecular complexity index is 1200. The van der Waals surface area contributed by atoms with Crippen molar-refractivity contribution in [1.82, 2.24) is 10.2 Å². The van der Waals surface area contributed by atoms with Crippen LogP contribution < -0.4 is 19.5 Å². The number of halogens is 1. The average molecular weight is 527 g/mol. The Labute approximate surface area is 221 Å².